The van der Waals surface area contributed by atoms with Gasteiger partial charge in [-0.05, 0) is 25.1 Å². The van der Waals surface area contributed by atoms with Gasteiger partial charge in [0, 0.05) is 36.5 Å². The van der Waals surface area contributed by atoms with Crippen LogP contribution in [-0.4, -0.2) is 15.5 Å². The number of hydrogen-bond donors (Lipinski definition) is 0. The number of esters is 1. The number of fused-ring (bicyclic) bond motifs is 1. The summed E-state index contributed by atoms with van der Waals surface area (Å²) in [6.45, 7) is 2.11. The third kappa shape index (κ3) is 3.29. The van der Waals surface area contributed by atoms with Gasteiger partial charge >= 0.3 is 5.97 Å². The predicted octanol–water partition coefficient (Wildman–Crippen LogP) is 3.11. The van der Waals surface area contributed by atoms with Crippen LogP contribution in [0.25, 0.3) is 0 Å². The summed E-state index contributed by atoms with van der Waals surface area (Å²) in [6.07, 6.45) is 1.80. The molecule has 6 nitrogen and oxygen atoms in total. The van der Waals surface area contributed by atoms with Crippen molar-refractivity contribution >= 4 is 5.97 Å². The highest BCUT2D eigenvalue weighted by atomic mass is 16.5. The van der Waals surface area contributed by atoms with Gasteiger partial charge in [0.25, 0.3) is 5.56 Å². The highest BCUT2D eigenvalue weighted by Gasteiger charge is 2.33. The molecule has 0 radical (unpaired) electrons. The number of hydrogen-bond acceptors (Lipinski definition) is 5. The summed E-state index contributed by atoms with van der Waals surface area (Å²) >= 11 is 0. The summed E-state index contributed by atoms with van der Waals surface area (Å²) in [5.41, 5.74) is 2.65. The Balaban J connectivity index is 1.75. The molecule has 0 N–H and O–H groups in total. The molecule has 1 aromatic carbocycles. The van der Waals surface area contributed by atoms with E-state index in [9.17, 15) is 9.59 Å². The van der Waals surface area contributed by atoms with Crippen molar-refractivity contribution in [3.63, 3.8) is 0 Å². The Hall–Kier alpha value is -3.41. The molecular formula is C22H20N2O4. The number of para-hydroxylation sites is 1. The number of aromatic nitrogens is 2. The maximum Gasteiger partial charge on any atom is 0.312 e. The molecule has 0 saturated heterocycles. The van der Waals surface area contributed by atoms with Crippen LogP contribution in [-0.2, 0) is 18.4 Å². The highest BCUT2D eigenvalue weighted by Crippen LogP contribution is 2.40. The Morgan fingerprint density at radius 1 is 1.18 bits per heavy atom. The first-order valence-corrected chi connectivity index (χ1v) is 9.07. The minimum Gasteiger partial charge on any atom is -0.487 e. The fourth-order valence-corrected chi connectivity index (χ4v) is 3.45. The average molecular weight is 376 g/mol. The molecule has 0 amide bonds. The number of aryl methyl sites for hydroxylation is 1. The van der Waals surface area contributed by atoms with E-state index in [1.54, 1.807) is 23.9 Å². The number of carbonyl (C=O) groups excluding carboxylic acids is 1. The Morgan fingerprint density at radius 2 is 1.96 bits per heavy atom. The van der Waals surface area contributed by atoms with E-state index in [0.29, 0.717) is 23.7 Å². The number of rotatable bonds is 4. The van der Waals surface area contributed by atoms with Crippen LogP contribution < -0.4 is 15.0 Å². The molecule has 0 spiro atoms. The summed E-state index contributed by atoms with van der Waals surface area (Å²) in [7, 11) is 1.72. The second-order valence-corrected chi connectivity index (χ2v) is 6.81. The molecule has 3 heterocycles. The molecule has 28 heavy (non-hydrogen) atoms. The van der Waals surface area contributed by atoms with Gasteiger partial charge in [0.1, 0.15) is 18.1 Å². The zero-order valence-corrected chi connectivity index (χ0v) is 15.7. The molecule has 142 valence electrons. The maximum atomic E-state index is 12.9. The third-order valence-corrected chi connectivity index (χ3v) is 5.01. The Kier molecular flexibility index (Phi) is 4.69. The standard InChI is InChI=1S/C22H20N2O4/c1-14-11-19-21(22(26)24(14)2)17(12-20(25)28-19)16-8-3-4-9-18(16)27-13-15-7-5-6-10-23-15/h3-11,17H,12-13H2,1-2H3/t17-/m1/s1. The average Bonchev–Trinajstić information content (AvgIpc) is 2.71. The molecule has 3 aromatic rings. The molecule has 1 atom stereocenters. The summed E-state index contributed by atoms with van der Waals surface area (Å²) in [6, 6.07) is 14.8. The van der Waals surface area contributed by atoms with Gasteiger partial charge in [0.15, 0.2) is 0 Å². The molecule has 0 unspecified atom stereocenters. The van der Waals surface area contributed by atoms with E-state index in [4.69, 9.17) is 9.47 Å². The molecule has 1 aliphatic heterocycles. The topological polar surface area (TPSA) is 70.4 Å². The van der Waals surface area contributed by atoms with E-state index in [1.807, 2.05) is 49.4 Å². The zero-order chi connectivity index (χ0) is 19.7. The molecule has 1 aliphatic rings. The van der Waals surface area contributed by atoms with E-state index in [-0.39, 0.29) is 17.9 Å². The number of ether oxygens (including phenoxy) is 2. The largest absolute Gasteiger partial charge is 0.487 e. The lowest BCUT2D eigenvalue weighted by atomic mass is 9.86. The van der Waals surface area contributed by atoms with Gasteiger partial charge in [0.2, 0.25) is 0 Å². The smallest absolute Gasteiger partial charge is 0.312 e. The Bertz CT molecular complexity index is 1090. The first-order valence-electron chi connectivity index (χ1n) is 9.07. The van der Waals surface area contributed by atoms with Gasteiger partial charge in [-0.25, -0.2) is 0 Å². The van der Waals surface area contributed by atoms with Crippen LogP contribution in [0.5, 0.6) is 11.5 Å². The quantitative estimate of drug-likeness (QED) is 0.655. The molecular weight excluding hydrogens is 356 g/mol. The normalized spacial score (nSPS) is 15.6. The van der Waals surface area contributed by atoms with Gasteiger partial charge in [-0.2, -0.15) is 0 Å². The lowest BCUT2D eigenvalue weighted by molar-refractivity contribution is -0.135. The summed E-state index contributed by atoms with van der Waals surface area (Å²) in [4.78, 5) is 29.4. The van der Waals surface area contributed by atoms with E-state index < -0.39 is 5.92 Å². The van der Waals surface area contributed by atoms with Gasteiger partial charge in [0.05, 0.1) is 17.7 Å². The van der Waals surface area contributed by atoms with Crippen molar-refractivity contribution < 1.29 is 14.3 Å². The van der Waals surface area contributed by atoms with E-state index in [0.717, 1.165) is 17.0 Å². The van der Waals surface area contributed by atoms with E-state index in [1.165, 1.54) is 0 Å². The van der Waals surface area contributed by atoms with Crippen molar-refractivity contribution in [1.29, 1.82) is 0 Å². The molecule has 4 rings (SSSR count). The van der Waals surface area contributed by atoms with Crippen molar-refractivity contribution in [3.05, 3.63) is 87.6 Å². The van der Waals surface area contributed by atoms with Crippen LogP contribution in [0.15, 0.2) is 59.5 Å². The first-order chi connectivity index (χ1) is 13.5. The minimum absolute atomic E-state index is 0.0925. The van der Waals surface area contributed by atoms with Crippen LogP contribution in [0.2, 0.25) is 0 Å². The summed E-state index contributed by atoms with van der Waals surface area (Å²) in [5, 5.41) is 0. The van der Waals surface area contributed by atoms with Crippen LogP contribution in [0.4, 0.5) is 0 Å². The van der Waals surface area contributed by atoms with Gasteiger partial charge in [-0.15, -0.1) is 0 Å². The number of pyridine rings is 2. The Morgan fingerprint density at radius 3 is 2.75 bits per heavy atom. The van der Waals surface area contributed by atoms with Crippen molar-refractivity contribution in [2.75, 3.05) is 0 Å². The monoisotopic (exact) mass is 376 g/mol. The molecule has 2 aromatic heterocycles. The number of benzene rings is 1. The first kappa shape index (κ1) is 18.0. The molecule has 0 fully saturated rings. The fraction of sp³-hybridized carbons (Fsp3) is 0.227. The van der Waals surface area contributed by atoms with Gasteiger partial charge in [-0.3, -0.25) is 14.6 Å². The van der Waals surface area contributed by atoms with Crippen molar-refractivity contribution in [1.82, 2.24) is 9.55 Å². The molecule has 0 bridgehead atoms. The van der Waals surface area contributed by atoms with Crippen molar-refractivity contribution in [3.8, 4) is 11.5 Å². The SMILES string of the molecule is Cc1cc2c(c(=O)n1C)[C@@H](c1ccccc1OCc1ccccn1)CC(=O)O2. The van der Waals surface area contributed by atoms with Crippen molar-refractivity contribution in [2.45, 2.75) is 25.9 Å². The molecule has 0 saturated carbocycles. The maximum absolute atomic E-state index is 12.9. The lowest BCUT2D eigenvalue weighted by Gasteiger charge is -2.26. The van der Waals surface area contributed by atoms with Crippen LogP contribution in [0, 0.1) is 6.92 Å². The van der Waals surface area contributed by atoms with Gasteiger partial charge < -0.3 is 14.0 Å². The molecule has 6 heteroatoms. The van der Waals surface area contributed by atoms with Crippen LogP contribution in [0.1, 0.15) is 34.9 Å². The van der Waals surface area contributed by atoms with Gasteiger partial charge in [-0.1, -0.05) is 24.3 Å². The van der Waals surface area contributed by atoms with Crippen LogP contribution >= 0.6 is 0 Å². The molecule has 0 aliphatic carbocycles. The zero-order valence-electron chi connectivity index (χ0n) is 15.7. The predicted molar refractivity (Wildman–Crippen MR) is 104 cm³/mol. The number of nitrogens with zero attached hydrogens (tertiary/aromatic N) is 2. The Labute approximate surface area is 162 Å². The highest BCUT2D eigenvalue weighted by molar-refractivity contribution is 5.78. The minimum atomic E-state index is -0.421. The van der Waals surface area contributed by atoms with E-state index >= 15 is 0 Å². The lowest BCUT2D eigenvalue weighted by Crippen LogP contribution is -2.32. The van der Waals surface area contributed by atoms with E-state index in [2.05, 4.69) is 4.98 Å². The van der Waals surface area contributed by atoms with Crippen molar-refractivity contribution in [2.24, 2.45) is 7.05 Å². The third-order valence-electron chi connectivity index (χ3n) is 5.01. The second-order valence-electron chi connectivity index (χ2n) is 6.81. The summed E-state index contributed by atoms with van der Waals surface area (Å²) < 4.78 is 12.9. The number of carbonyl (C=O) groups is 1. The second kappa shape index (κ2) is 7.31. The summed E-state index contributed by atoms with van der Waals surface area (Å²) in [5.74, 6) is 0.183. The fourth-order valence-electron chi connectivity index (χ4n) is 3.45. The van der Waals surface area contributed by atoms with Crippen LogP contribution in [0.3, 0.4) is 0 Å².